The molecule has 0 radical (unpaired) electrons. The molecule has 0 atom stereocenters. The summed E-state index contributed by atoms with van der Waals surface area (Å²) in [7, 11) is 0. The molecule has 1 amide bonds. The van der Waals surface area contributed by atoms with Gasteiger partial charge in [-0.25, -0.2) is 0 Å². The number of hydrogen-bond donors (Lipinski definition) is 0. The molecule has 4 heteroatoms. The highest BCUT2D eigenvalue weighted by atomic mass is 16.3. The van der Waals surface area contributed by atoms with Gasteiger partial charge in [-0.3, -0.25) is 4.79 Å². The Kier molecular flexibility index (Phi) is 3.62. The van der Waals surface area contributed by atoms with Crippen molar-refractivity contribution in [3.05, 3.63) is 24.2 Å². The quantitative estimate of drug-likeness (QED) is 0.765. The number of hydrogen-bond acceptors (Lipinski definition) is 3. The highest BCUT2D eigenvalue weighted by Crippen LogP contribution is 2.07. The minimum absolute atomic E-state index is 0.172. The van der Waals surface area contributed by atoms with Crippen molar-refractivity contribution in [1.29, 1.82) is 0 Å². The van der Waals surface area contributed by atoms with E-state index in [4.69, 9.17) is 4.42 Å². The lowest BCUT2D eigenvalue weighted by molar-refractivity contribution is -0.132. The number of rotatable bonds is 3. The highest BCUT2D eigenvalue weighted by Gasteiger charge is 2.20. The second kappa shape index (κ2) is 5.16. The molecule has 1 aromatic rings. The van der Waals surface area contributed by atoms with E-state index in [1.807, 2.05) is 17.0 Å². The van der Waals surface area contributed by atoms with Gasteiger partial charge in [0.05, 0.1) is 12.7 Å². The molecule has 1 fully saturated rings. The number of furan rings is 1. The maximum atomic E-state index is 11.9. The lowest BCUT2D eigenvalue weighted by Gasteiger charge is -2.33. The van der Waals surface area contributed by atoms with Crippen molar-refractivity contribution in [2.75, 3.05) is 32.7 Å². The topological polar surface area (TPSA) is 36.7 Å². The van der Waals surface area contributed by atoms with Crippen LogP contribution in [0.1, 0.15) is 12.7 Å². The number of amides is 1. The Hall–Kier alpha value is -1.29. The van der Waals surface area contributed by atoms with Gasteiger partial charge in [-0.15, -0.1) is 0 Å². The van der Waals surface area contributed by atoms with Crippen LogP contribution in [0, 0.1) is 0 Å². The minimum atomic E-state index is 0.172. The first-order valence-corrected chi connectivity index (χ1v) is 5.82. The molecule has 0 aliphatic carbocycles. The molecule has 0 saturated carbocycles. The van der Waals surface area contributed by atoms with Crippen molar-refractivity contribution in [3.63, 3.8) is 0 Å². The summed E-state index contributed by atoms with van der Waals surface area (Å²) in [5, 5.41) is 0. The van der Waals surface area contributed by atoms with Crippen LogP contribution in [-0.4, -0.2) is 48.4 Å². The van der Waals surface area contributed by atoms with Gasteiger partial charge in [0, 0.05) is 26.2 Å². The molecule has 0 aromatic carbocycles. The standard InChI is InChI=1S/C12H18N2O2/c1-2-13-5-7-14(8-6-13)12(15)10-11-4-3-9-16-11/h3-4,9H,2,5-8,10H2,1H3. The second-order valence-electron chi connectivity index (χ2n) is 4.07. The fourth-order valence-electron chi connectivity index (χ4n) is 1.99. The van der Waals surface area contributed by atoms with Crippen LogP contribution < -0.4 is 0 Å². The molecule has 2 heterocycles. The minimum Gasteiger partial charge on any atom is -0.469 e. The molecule has 2 rings (SSSR count). The van der Waals surface area contributed by atoms with E-state index in [2.05, 4.69) is 11.8 Å². The molecule has 0 N–H and O–H groups in total. The molecular weight excluding hydrogens is 204 g/mol. The van der Waals surface area contributed by atoms with E-state index in [0.29, 0.717) is 6.42 Å². The molecule has 16 heavy (non-hydrogen) atoms. The molecule has 1 aliphatic heterocycles. The van der Waals surface area contributed by atoms with Gasteiger partial charge in [0.2, 0.25) is 5.91 Å². The fourth-order valence-corrected chi connectivity index (χ4v) is 1.99. The van der Waals surface area contributed by atoms with Gasteiger partial charge in [0.15, 0.2) is 0 Å². The lowest BCUT2D eigenvalue weighted by atomic mass is 10.2. The molecular formula is C12H18N2O2. The van der Waals surface area contributed by atoms with E-state index < -0.39 is 0 Å². The van der Waals surface area contributed by atoms with Gasteiger partial charge >= 0.3 is 0 Å². The van der Waals surface area contributed by atoms with Gasteiger partial charge in [-0.2, -0.15) is 0 Å². The maximum Gasteiger partial charge on any atom is 0.230 e. The van der Waals surface area contributed by atoms with Crippen LogP contribution in [0.5, 0.6) is 0 Å². The predicted octanol–water partition coefficient (Wildman–Crippen LogP) is 0.986. The number of likely N-dealkylation sites (N-methyl/N-ethyl adjacent to an activating group) is 1. The first-order chi connectivity index (χ1) is 7.79. The maximum absolute atomic E-state index is 11.9. The number of piperazine rings is 1. The van der Waals surface area contributed by atoms with Crippen LogP contribution in [0.25, 0.3) is 0 Å². The van der Waals surface area contributed by atoms with Gasteiger partial charge < -0.3 is 14.2 Å². The first-order valence-electron chi connectivity index (χ1n) is 5.82. The summed E-state index contributed by atoms with van der Waals surface area (Å²) in [6.07, 6.45) is 2.00. The van der Waals surface area contributed by atoms with Crippen LogP contribution in [0.15, 0.2) is 22.8 Å². The van der Waals surface area contributed by atoms with Crippen molar-refractivity contribution in [1.82, 2.24) is 9.80 Å². The molecule has 4 nitrogen and oxygen atoms in total. The lowest BCUT2D eigenvalue weighted by Crippen LogP contribution is -2.48. The average molecular weight is 222 g/mol. The van der Waals surface area contributed by atoms with Crippen LogP contribution >= 0.6 is 0 Å². The van der Waals surface area contributed by atoms with Crippen molar-refractivity contribution < 1.29 is 9.21 Å². The van der Waals surface area contributed by atoms with Crippen molar-refractivity contribution >= 4 is 5.91 Å². The number of carbonyl (C=O) groups excluding carboxylic acids is 1. The van der Waals surface area contributed by atoms with E-state index >= 15 is 0 Å². The molecule has 1 saturated heterocycles. The number of nitrogens with zero attached hydrogens (tertiary/aromatic N) is 2. The third kappa shape index (κ3) is 2.64. The third-order valence-electron chi connectivity index (χ3n) is 3.08. The van der Waals surface area contributed by atoms with E-state index in [1.165, 1.54) is 0 Å². The Morgan fingerprint density at radius 2 is 2.12 bits per heavy atom. The second-order valence-corrected chi connectivity index (χ2v) is 4.07. The Morgan fingerprint density at radius 1 is 1.38 bits per heavy atom. The van der Waals surface area contributed by atoms with Crippen LogP contribution in [0.4, 0.5) is 0 Å². The Labute approximate surface area is 95.8 Å². The largest absolute Gasteiger partial charge is 0.469 e. The van der Waals surface area contributed by atoms with Gasteiger partial charge in [-0.05, 0) is 18.7 Å². The van der Waals surface area contributed by atoms with Gasteiger partial charge in [-0.1, -0.05) is 6.92 Å². The molecule has 88 valence electrons. The van der Waals surface area contributed by atoms with Gasteiger partial charge in [0.25, 0.3) is 0 Å². The fraction of sp³-hybridized carbons (Fsp3) is 0.583. The zero-order valence-electron chi connectivity index (χ0n) is 9.69. The zero-order valence-corrected chi connectivity index (χ0v) is 9.69. The first kappa shape index (κ1) is 11.2. The Bertz CT molecular complexity index is 327. The third-order valence-corrected chi connectivity index (χ3v) is 3.08. The van der Waals surface area contributed by atoms with Crippen LogP contribution in [0.3, 0.4) is 0 Å². The van der Waals surface area contributed by atoms with Crippen LogP contribution in [0.2, 0.25) is 0 Å². The summed E-state index contributed by atoms with van der Waals surface area (Å²) in [6, 6.07) is 3.66. The summed E-state index contributed by atoms with van der Waals surface area (Å²) < 4.78 is 5.18. The number of carbonyl (C=O) groups is 1. The van der Waals surface area contributed by atoms with E-state index in [1.54, 1.807) is 6.26 Å². The summed E-state index contributed by atoms with van der Waals surface area (Å²) in [5.74, 6) is 0.925. The molecule has 0 unspecified atom stereocenters. The van der Waals surface area contributed by atoms with Crippen molar-refractivity contribution in [2.24, 2.45) is 0 Å². The van der Waals surface area contributed by atoms with E-state index in [-0.39, 0.29) is 5.91 Å². The summed E-state index contributed by atoms with van der Waals surface area (Å²) in [5.41, 5.74) is 0. The molecule has 0 spiro atoms. The average Bonchev–Trinajstić information content (AvgIpc) is 2.82. The van der Waals surface area contributed by atoms with Crippen molar-refractivity contribution in [3.8, 4) is 0 Å². The summed E-state index contributed by atoms with van der Waals surface area (Å²) in [4.78, 5) is 16.2. The van der Waals surface area contributed by atoms with E-state index in [0.717, 1.165) is 38.5 Å². The monoisotopic (exact) mass is 222 g/mol. The normalized spacial score (nSPS) is 17.7. The Balaban J connectivity index is 1.82. The zero-order chi connectivity index (χ0) is 11.4. The van der Waals surface area contributed by atoms with Crippen LogP contribution in [-0.2, 0) is 11.2 Å². The Morgan fingerprint density at radius 3 is 2.69 bits per heavy atom. The van der Waals surface area contributed by atoms with Gasteiger partial charge in [0.1, 0.15) is 5.76 Å². The predicted molar refractivity (Wildman–Crippen MR) is 61.1 cm³/mol. The summed E-state index contributed by atoms with van der Waals surface area (Å²) in [6.45, 7) is 6.88. The molecule has 0 bridgehead atoms. The molecule has 1 aliphatic rings. The summed E-state index contributed by atoms with van der Waals surface area (Å²) >= 11 is 0. The SMILES string of the molecule is CCN1CCN(C(=O)Cc2ccco2)CC1. The highest BCUT2D eigenvalue weighted by molar-refractivity contribution is 5.78. The molecule has 1 aromatic heterocycles. The van der Waals surface area contributed by atoms with Crippen molar-refractivity contribution in [2.45, 2.75) is 13.3 Å². The smallest absolute Gasteiger partial charge is 0.230 e. The van der Waals surface area contributed by atoms with E-state index in [9.17, 15) is 4.79 Å².